The second-order valence-corrected chi connectivity index (χ2v) is 8.60. The summed E-state index contributed by atoms with van der Waals surface area (Å²) in [6, 6.07) is 14.0. The second kappa shape index (κ2) is 11.1. The van der Waals surface area contributed by atoms with Crippen LogP contribution >= 0.6 is 11.6 Å². The van der Waals surface area contributed by atoms with Crippen LogP contribution in [-0.4, -0.2) is 47.2 Å². The first-order valence-electron chi connectivity index (χ1n) is 10.7. The zero-order chi connectivity index (χ0) is 24.0. The van der Waals surface area contributed by atoms with Crippen LogP contribution in [0.25, 0.3) is 0 Å². The lowest BCUT2D eigenvalue weighted by atomic mass is 9.91. The molecule has 8 heteroatoms. The molecule has 33 heavy (non-hydrogen) atoms. The molecule has 1 N–H and O–H groups in total. The highest BCUT2D eigenvalue weighted by atomic mass is 35.5. The molecule has 1 fully saturated rings. The number of carbonyl (C=O) groups excluding carboxylic acids is 3. The number of benzene rings is 2. The van der Waals surface area contributed by atoms with Crippen LogP contribution in [0, 0.1) is 5.92 Å². The summed E-state index contributed by atoms with van der Waals surface area (Å²) in [5.74, 6) is -2.85. The number of nitrogens with zero attached hydrogens (tertiary/aromatic N) is 1. The predicted octanol–water partition coefficient (Wildman–Crippen LogP) is 3.87. The molecule has 2 atom stereocenters. The second-order valence-electron chi connectivity index (χ2n) is 8.16. The Morgan fingerprint density at radius 1 is 1.15 bits per heavy atom. The fourth-order valence-corrected chi connectivity index (χ4v) is 4.34. The standard InChI is InChI=1S/C25H26ClNO6/c1-33-22-10-8-20(26)12-19(22)11-17-7-9-21(28)15-27(25(17)32)23(29)13-18(14-24(30)31)16-5-3-2-4-6-16/h2-6,8,10,12,17-18H,7,9,11,13-15H2,1H3,(H,30,31). The van der Waals surface area contributed by atoms with Gasteiger partial charge >= 0.3 is 5.97 Å². The summed E-state index contributed by atoms with van der Waals surface area (Å²) in [6.45, 7) is -0.296. The average molecular weight is 472 g/mol. The molecule has 0 aromatic heterocycles. The van der Waals surface area contributed by atoms with Crippen molar-refractivity contribution in [2.75, 3.05) is 13.7 Å². The summed E-state index contributed by atoms with van der Waals surface area (Å²) in [4.78, 5) is 51.2. The maximum Gasteiger partial charge on any atom is 0.303 e. The van der Waals surface area contributed by atoms with E-state index in [1.807, 2.05) is 0 Å². The van der Waals surface area contributed by atoms with Crippen molar-refractivity contribution in [1.29, 1.82) is 0 Å². The number of hydrogen-bond acceptors (Lipinski definition) is 5. The van der Waals surface area contributed by atoms with Gasteiger partial charge < -0.3 is 9.84 Å². The van der Waals surface area contributed by atoms with Gasteiger partial charge in [0.1, 0.15) is 5.75 Å². The Hall–Kier alpha value is -3.19. The number of ether oxygens (including phenoxy) is 1. The molecule has 174 valence electrons. The Morgan fingerprint density at radius 2 is 1.88 bits per heavy atom. The highest BCUT2D eigenvalue weighted by Crippen LogP contribution is 2.30. The van der Waals surface area contributed by atoms with Crippen molar-refractivity contribution in [3.05, 3.63) is 64.7 Å². The molecule has 2 aromatic rings. The zero-order valence-corrected chi connectivity index (χ0v) is 19.1. The first kappa shape index (κ1) is 24.5. The highest BCUT2D eigenvalue weighted by molar-refractivity contribution is 6.30. The van der Waals surface area contributed by atoms with Gasteiger partial charge in [0.15, 0.2) is 5.78 Å². The fraction of sp³-hybridized carbons (Fsp3) is 0.360. The third kappa shape index (κ3) is 6.42. The van der Waals surface area contributed by atoms with Crippen LogP contribution in [-0.2, 0) is 25.6 Å². The molecule has 0 aliphatic carbocycles. The van der Waals surface area contributed by atoms with Crippen LogP contribution in [0.1, 0.15) is 42.7 Å². The summed E-state index contributed by atoms with van der Waals surface area (Å²) in [5.41, 5.74) is 1.42. The molecule has 3 rings (SSSR count). The number of aliphatic carboxylic acids is 1. The number of amides is 2. The molecule has 1 heterocycles. The predicted molar refractivity (Wildman–Crippen MR) is 122 cm³/mol. The summed E-state index contributed by atoms with van der Waals surface area (Å²) in [5, 5.41) is 9.81. The molecule has 2 unspecified atom stereocenters. The Morgan fingerprint density at radius 3 is 2.55 bits per heavy atom. The summed E-state index contributed by atoms with van der Waals surface area (Å²) < 4.78 is 5.37. The number of carboxylic acid groups (broad SMARTS) is 1. The van der Waals surface area contributed by atoms with Gasteiger partial charge in [-0.1, -0.05) is 41.9 Å². The molecule has 2 amide bonds. The maximum absolute atomic E-state index is 13.3. The molecular weight excluding hydrogens is 446 g/mol. The minimum Gasteiger partial charge on any atom is -0.496 e. The first-order valence-corrected chi connectivity index (χ1v) is 11.1. The van der Waals surface area contributed by atoms with Crippen molar-refractivity contribution in [2.24, 2.45) is 5.92 Å². The van der Waals surface area contributed by atoms with Gasteiger partial charge in [-0.15, -0.1) is 0 Å². The highest BCUT2D eigenvalue weighted by Gasteiger charge is 2.35. The number of halogens is 1. The van der Waals surface area contributed by atoms with Gasteiger partial charge in [-0.05, 0) is 42.2 Å². The molecule has 0 spiro atoms. The van der Waals surface area contributed by atoms with Crippen molar-refractivity contribution in [1.82, 2.24) is 4.90 Å². The number of methoxy groups -OCH3 is 1. The average Bonchev–Trinajstić information content (AvgIpc) is 2.92. The van der Waals surface area contributed by atoms with E-state index in [0.29, 0.717) is 22.8 Å². The van der Waals surface area contributed by atoms with E-state index in [1.54, 1.807) is 48.5 Å². The summed E-state index contributed by atoms with van der Waals surface area (Å²) >= 11 is 6.11. The third-order valence-corrected chi connectivity index (χ3v) is 6.08. The van der Waals surface area contributed by atoms with E-state index in [-0.39, 0.29) is 38.0 Å². The van der Waals surface area contributed by atoms with E-state index in [1.165, 1.54) is 7.11 Å². The third-order valence-electron chi connectivity index (χ3n) is 5.84. The molecular formula is C25H26ClNO6. The Kier molecular flexibility index (Phi) is 8.22. The van der Waals surface area contributed by atoms with Gasteiger partial charge in [0.05, 0.1) is 20.1 Å². The minimum absolute atomic E-state index is 0.178. The van der Waals surface area contributed by atoms with Crippen LogP contribution in [0.5, 0.6) is 5.75 Å². The van der Waals surface area contributed by atoms with Crippen LogP contribution in [0.3, 0.4) is 0 Å². The van der Waals surface area contributed by atoms with Gasteiger partial charge in [-0.3, -0.25) is 24.1 Å². The zero-order valence-electron chi connectivity index (χ0n) is 18.3. The normalized spacial score (nSPS) is 17.4. The number of imide groups is 1. The van der Waals surface area contributed by atoms with Crippen LogP contribution in [0.15, 0.2) is 48.5 Å². The lowest BCUT2D eigenvalue weighted by Crippen LogP contribution is -2.42. The molecule has 2 aromatic carbocycles. The quantitative estimate of drug-likeness (QED) is 0.627. The van der Waals surface area contributed by atoms with E-state index in [9.17, 15) is 24.3 Å². The molecule has 7 nitrogen and oxygen atoms in total. The molecule has 0 saturated carbocycles. The molecule has 1 aliphatic heterocycles. The van der Waals surface area contributed by atoms with Gasteiger partial charge in [-0.25, -0.2) is 0 Å². The lowest BCUT2D eigenvalue weighted by molar-refractivity contribution is -0.148. The van der Waals surface area contributed by atoms with Crippen LogP contribution in [0.4, 0.5) is 0 Å². The van der Waals surface area contributed by atoms with E-state index < -0.39 is 29.6 Å². The van der Waals surface area contributed by atoms with E-state index in [2.05, 4.69) is 0 Å². The number of carboxylic acids is 1. The Balaban J connectivity index is 1.82. The van der Waals surface area contributed by atoms with Crippen molar-refractivity contribution in [3.63, 3.8) is 0 Å². The van der Waals surface area contributed by atoms with Crippen molar-refractivity contribution in [3.8, 4) is 5.75 Å². The lowest BCUT2D eigenvalue weighted by Gasteiger charge is -2.25. The number of rotatable bonds is 8. The number of carbonyl (C=O) groups is 4. The van der Waals surface area contributed by atoms with Crippen molar-refractivity contribution in [2.45, 2.75) is 38.0 Å². The number of likely N-dealkylation sites (tertiary alicyclic amines) is 1. The van der Waals surface area contributed by atoms with Gasteiger partial charge in [0, 0.05) is 29.7 Å². The van der Waals surface area contributed by atoms with E-state index >= 15 is 0 Å². The van der Waals surface area contributed by atoms with Gasteiger partial charge in [-0.2, -0.15) is 0 Å². The van der Waals surface area contributed by atoms with Crippen molar-refractivity contribution >= 4 is 35.2 Å². The monoisotopic (exact) mass is 471 g/mol. The Bertz CT molecular complexity index is 1040. The SMILES string of the molecule is COc1ccc(Cl)cc1CC1CCC(=O)CN(C(=O)CC(CC(=O)O)c2ccccc2)C1=O. The van der Waals surface area contributed by atoms with E-state index in [4.69, 9.17) is 16.3 Å². The van der Waals surface area contributed by atoms with Crippen LogP contribution in [0.2, 0.25) is 5.02 Å². The number of ketones is 1. The van der Waals surface area contributed by atoms with Gasteiger partial charge in [0.2, 0.25) is 11.8 Å². The first-order chi connectivity index (χ1) is 15.8. The minimum atomic E-state index is -1.04. The van der Waals surface area contributed by atoms with E-state index in [0.717, 1.165) is 10.5 Å². The summed E-state index contributed by atoms with van der Waals surface area (Å²) in [6.07, 6.45) is 0.336. The molecule has 1 saturated heterocycles. The van der Waals surface area contributed by atoms with Gasteiger partial charge in [0.25, 0.3) is 0 Å². The largest absolute Gasteiger partial charge is 0.496 e. The molecule has 1 aliphatic rings. The fourth-order valence-electron chi connectivity index (χ4n) is 4.15. The summed E-state index contributed by atoms with van der Waals surface area (Å²) in [7, 11) is 1.52. The number of Topliss-reactive ketones (excluding diaryl/α,β-unsaturated/α-hetero) is 1. The smallest absolute Gasteiger partial charge is 0.303 e. The Labute approximate surface area is 197 Å². The topological polar surface area (TPSA) is 101 Å². The maximum atomic E-state index is 13.3. The number of hydrogen-bond donors (Lipinski definition) is 1. The molecule has 0 radical (unpaired) electrons. The van der Waals surface area contributed by atoms with Crippen LogP contribution < -0.4 is 4.74 Å². The molecule has 0 bridgehead atoms. The van der Waals surface area contributed by atoms with Crippen molar-refractivity contribution < 1.29 is 29.0 Å².